The molecule has 0 aliphatic rings. The van der Waals surface area contributed by atoms with Crippen LogP contribution >= 0.6 is 0 Å². The van der Waals surface area contributed by atoms with Crippen LogP contribution in [0.1, 0.15) is 43.1 Å². The van der Waals surface area contributed by atoms with E-state index >= 15 is 0 Å². The second-order valence-corrected chi connectivity index (χ2v) is 6.40. The summed E-state index contributed by atoms with van der Waals surface area (Å²) >= 11 is 0. The first kappa shape index (κ1) is 17.3. The highest BCUT2D eigenvalue weighted by molar-refractivity contribution is 5.88. The van der Waals surface area contributed by atoms with Gasteiger partial charge in [0.2, 0.25) is 0 Å². The molecule has 0 amide bonds. The van der Waals surface area contributed by atoms with Gasteiger partial charge in [0.15, 0.2) is 5.65 Å². The smallest absolute Gasteiger partial charge is 0.164 e. The molecule has 0 radical (unpaired) electrons. The summed E-state index contributed by atoms with van der Waals surface area (Å²) in [7, 11) is 0. The minimum Gasteiger partial charge on any atom is -0.387 e. The minimum atomic E-state index is -0.832. The number of aliphatic hydroxyl groups is 2. The maximum atomic E-state index is 10.2. The van der Waals surface area contributed by atoms with Gasteiger partial charge in [0, 0.05) is 0 Å². The number of hydrogen-bond acceptors (Lipinski definition) is 8. The molecule has 0 saturated heterocycles. The van der Waals surface area contributed by atoms with Crippen molar-refractivity contribution in [1.82, 2.24) is 29.7 Å². The molecular formula is C18H19N7O2. The minimum absolute atomic E-state index is 0.220. The highest BCUT2D eigenvalue weighted by atomic mass is 16.3. The van der Waals surface area contributed by atoms with Crippen molar-refractivity contribution in [2.24, 2.45) is 0 Å². The Bertz CT molecular complexity index is 1140. The van der Waals surface area contributed by atoms with Crippen LogP contribution in [0, 0.1) is 0 Å². The van der Waals surface area contributed by atoms with E-state index in [-0.39, 0.29) is 12.4 Å². The van der Waals surface area contributed by atoms with Crippen LogP contribution in [0.4, 0.5) is 5.82 Å². The molecule has 0 unspecified atom stereocenters. The number of anilines is 1. The zero-order chi connectivity index (χ0) is 19.1. The molecule has 0 bridgehead atoms. The van der Waals surface area contributed by atoms with Gasteiger partial charge in [0.1, 0.15) is 17.8 Å². The summed E-state index contributed by atoms with van der Waals surface area (Å²) in [5.41, 5.74) is 9.33. The van der Waals surface area contributed by atoms with Crippen LogP contribution in [-0.4, -0.2) is 39.9 Å². The van der Waals surface area contributed by atoms with E-state index in [4.69, 9.17) is 5.73 Å². The lowest BCUT2D eigenvalue weighted by Crippen LogP contribution is -2.12. The normalized spacial score (nSPS) is 13.9. The first-order valence-corrected chi connectivity index (χ1v) is 8.54. The Morgan fingerprint density at radius 1 is 1.00 bits per heavy atom. The van der Waals surface area contributed by atoms with Crippen LogP contribution in [0.2, 0.25) is 0 Å². The summed E-state index contributed by atoms with van der Waals surface area (Å²) in [5.74, 6) is 0.252. The Morgan fingerprint density at radius 2 is 1.67 bits per heavy atom. The number of rotatable bonds is 4. The van der Waals surface area contributed by atoms with Crippen molar-refractivity contribution >= 4 is 27.9 Å². The summed E-state index contributed by atoms with van der Waals surface area (Å²) in [5, 5.41) is 25.2. The highest BCUT2D eigenvalue weighted by Crippen LogP contribution is 2.27. The van der Waals surface area contributed by atoms with Gasteiger partial charge in [-0.1, -0.05) is 12.1 Å². The Hall–Kier alpha value is -3.17. The fourth-order valence-electron chi connectivity index (χ4n) is 3.10. The maximum Gasteiger partial charge on any atom is 0.164 e. The number of fused-ring (bicyclic) bond motifs is 2. The van der Waals surface area contributed by atoms with Crippen LogP contribution in [0.15, 0.2) is 30.6 Å². The largest absolute Gasteiger partial charge is 0.387 e. The number of aromatic nitrogens is 6. The van der Waals surface area contributed by atoms with Gasteiger partial charge in [0.05, 0.1) is 46.6 Å². The van der Waals surface area contributed by atoms with Crippen molar-refractivity contribution in [2.45, 2.75) is 32.6 Å². The molecule has 4 N–H and O–H groups in total. The van der Waals surface area contributed by atoms with Crippen molar-refractivity contribution < 1.29 is 10.2 Å². The summed E-state index contributed by atoms with van der Waals surface area (Å²) in [4.78, 5) is 17.5. The van der Waals surface area contributed by atoms with E-state index in [1.807, 2.05) is 24.3 Å². The monoisotopic (exact) mass is 365 g/mol. The number of nitrogens with zero attached hydrogens (tertiary/aromatic N) is 6. The summed E-state index contributed by atoms with van der Waals surface area (Å²) in [6.45, 7) is 3.47. The van der Waals surface area contributed by atoms with Crippen molar-refractivity contribution in [3.8, 4) is 0 Å². The van der Waals surface area contributed by atoms with Gasteiger partial charge in [-0.2, -0.15) is 5.10 Å². The van der Waals surface area contributed by atoms with Crippen molar-refractivity contribution in [1.29, 1.82) is 0 Å². The van der Waals surface area contributed by atoms with Crippen LogP contribution in [0.3, 0.4) is 0 Å². The lowest BCUT2D eigenvalue weighted by molar-refractivity contribution is 0.191. The number of nitrogens with two attached hydrogens (primary N) is 1. The molecule has 0 spiro atoms. The lowest BCUT2D eigenvalue weighted by atomic mass is 10.2. The second kappa shape index (κ2) is 6.53. The molecule has 0 saturated carbocycles. The van der Waals surface area contributed by atoms with E-state index in [0.717, 1.165) is 5.52 Å². The fourth-order valence-corrected chi connectivity index (χ4v) is 3.10. The molecule has 0 aliphatic carbocycles. The van der Waals surface area contributed by atoms with Crippen LogP contribution in [0.5, 0.6) is 0 Å². The summed E-state index contributed by atoms with van der Waals surface area (Å²) < 4.78 is 1.60. The molecule has 3 aromatic heterocycles. The predicted molar refractivity (Wildman–Crippen MR) is 99.6 cm³/mol. The van der Waals surface area contributed by atoms with Crippen molar-refractivity contribution in [3.63, 3.8) is 0 Å². The van der Waals surface area contributed by atoms with Gasteiger partial charge in [-0.15, -0.1) is 0 Å². The molecule has 4 aromatic rings. The van der Waals surface area contributed by atoms with Crippen LogP contribution in [0.25, 0.3) is 22.1 Å². The number of benzene rings is 1. The second-order valence-electron chi connectivity index (χ2n) is 6.40. The molecule has 9 nitrogen and oxygen atoms in total. The van der Waals surface area contributed by atoms with Crippen LogP contribution < -0.4 is 5.73 Å². The summed E-state index contributed by atoms with van der Waals surface area (Å²) in [6, 6.07) is 7.46. The van der Waals surface area contributed by atoms with Gasteiger partial charge < -0.3 is 15.9 Å². The number of para-hydroxylation sites is 2. The first-order chi connectivity index (χ1) is 13.0. The van der Waals surface area contributed by atoms with Gasteiger partial charge >= 0.3 is 0 Å². The Morgan fingerprint density at radius 3 is 2.33 bits per heavy atom. The fraction of sp³-hybridized carbons (Fsp3) is 0.278. The average Bonchev–Trinajstić information content (AvgIpc) is 3.01. The topological polar surface area (TPSA) is 136 Å². The predicted octanol–water partition coefficient (Wildman–Crippen LogP) is 1.51. The van der Waals surface area contributed by atoms with E-state index in [1.54, 1.807) is 18.5 Å². The molecular weight excluding hydrogens is 346 g/mol. The zero-order valence-electron chi connectivity index (χ0n) is 14.9. The first-order valence-electron chi connectivity index (χ1n) is 8.54. The maximum absolute atomic E-state index is 10.2. The van der Waals surface area contributed by atoms with E-state index in [9.17, 15) is 10.2 Å². The number of nitrogen functional groups attached to an aromatic ring is 1. The molecule has 27 heavy (non-hydrogen) atoms. The average molecular weight is 365 g/mol. The molecule has 4 rings (SSSR count). The van der Waals surface area contributed by atoms with Gasteiger partial charge in [0.25, 0.3) is 0 Å². The standard InChI is InChI=1S/C18H19N7O2/c1-9(26)15-13(22-11-5-3-4-6-12(11)23-15)7-25-18-14(16(24-25)10(2)27)17(19)20-8-21-18/h3-6,8-10,26-27H,7H2,1-2H3,(H2,19,20,21)/t9-,10-/m1/s1. The number of aliphatic hydroxyl groups excluding tert-OH is 2. The molecule has 138 valence electrons. The molecule has 1 aromatic carbocycles. The Kier molecular flexibility index (Phi) is 4.17. The number of hydrogen-bond donors (Lipinski definition) is 3. The summed E-state index contributed by atoms with van der Waals surface area (Å²) in [6.07, 6.45) is -0.278. The SMILES string of the molecule is C[C@@H](O)c1nc2ccccc2nc1Cn1nc([C@@H](C)O)c2c(N)ncnc21. The lowest BCUT2D eigenvalue weighted by Gasteiger charge is -2.12. The molecule has 2 atom stereocenters. The zero-order valence-corrected chi connectivity index (χ0v) is 14.9. The van der Waals surface area contributed by atoms with E-state index in [1.165, 1.54) is 6.33 Å². The van der Waals surface area contributed by atoms with Gasteiger partial charge in [-0.3, -0.25) is 0 Å². The Labute approximate surface area is 154 Å². The van der Waals surface area contributed by atoms with E-state index in [0.29, 0.717) is 33.6 Å². The van der Waals surface area contributed by atoms with Crippen molar-refractivity contribution in [2.75, 3.05) is 5.73 Å². The van der Waals surface area contributed by atoms with Gasteiger partial charge in [-0.05, 0) is 26.0 Å². The third-order valence-corrected chi connectivity index (χ3v) is 4.35. The van der Waals surface area contributed by atoms with Crippen LogP contribution in [-0.2, 0) is 6.54 Å². The van der Waals surface area contributed by atoms with E-state index < -0.39 is 12.2 Å². The molecule has 3 heterocycles. The molecule has 0 fully saturated rings. The quantitative estimate of drug-likeness (QED) is 0.495. The third kappa shape index (κ3) is 2.96. The Balaban J connectivity index is 1.90. The molecule has 9 heteroatoms. The van der Waals surface area contributed by atoms with Gasteiger partial charge in [-0.25, -0.2) is 24.6 Å². The third-order valence-electron chi connectivity index (χ3n) is 4.35. The highest BCUT2D eigenvalue weighted by Gasteiger charge is 2.21. The molecule has 0 aliphatic heterocycles. The van der Waals surface area contributed by atoms with E-state index in [2.05, 4.69) is 25.0 Å². The van der Waals surface area contributed by atoms with Crippen molar-refractivity contribution in [3.05, 3.63) is 47.7 Å².